The first-order valence-electron chi connectivity index (χ1n) is 5.62. The highest BCUT2D eigenvalue weighted by Gasteiger charge is 2.06. The second kappa shape index (κ2) is 6.15. The summed E-state index contributed by atoms with van der Waals surface area (Å²) in [6.07, 6.45) is 6.40. The predicted molar refractivity (Wildman–Crippen MR) is 63.6 cm³/mol. The van der Waals surface area contributed by atoms with Crippen LogP contribution < -0.4 is 5.73 Å². The van der Waals surface area contributed by atoms with Crippen LogP contribution in [0.5, 0.6) is 0 Å². The van der Waals surface area contributed by atoms with Crippen molar-refractivity contribution in [1.29, 1.82) is 0 Å². The Bertz CT molecular complexity index is 344. The minimum Gasteiger partial charge on any atom is -0.409 e. The number of hydrogen-bond donors (Lipinski definition) is 2. The molecule has 3 N–H and O–H groups in total. The maximum absolute atomic E-state index is 8.38. The molecule has 0 atom stereocenters. The molecule has 16 heavy (non-hydrogen) atoms. The minimum atomic E-state index is 0.301. The van der Waals surface area contributed by atoms with Crippen LogP contribution in [0.1, 0.15) is 44.9 Å². The zero-order valence-electron chi connectivity index (χ0n) is 9.93. The summed E-state index contributed by atoms with van der Waals surface area (Å²) >= 11 is 0. The van der Waals surface area contributed by atoms with Gasteiger partial charge in [0.05, 0.1) is 0 Å². The monoisotopic (exact) mass is 224 g/mol. The van der Waals surface area contributed by atoms with Crippen molar-refractivity contribution < 1.29 is 5.21 Å². The summed E-state index contributed by atoms with van der Waals surface area (Å²) in [6.45, 7) is 5.21. The first kappa shape index (κ1) is 12.5. The molecule has 0 fully saturated rings. The second-order valence-corrected chi connectivity index (χ2v) is 4.18. The summed E-state index contributed by atoms with van der Waals surface area (Å²) < 4.78 is 2.16. The molecule has 0 saturated carbocycles. The molecule has 0 spiro atoms. The van der Waals surface area contributed by atoms with Gasteiger partial charge in [-0.1, -0.05) is 19.0 Å². The number of aryl methyl sites for hydroxylation is 1. The first-order chi connectivity index (χ1) is 7.65. The molecule has 90 valence electrons. The maximum atomic E-state index is 8.38. The predicted octanol–water partition coefficient (Wildman–Crippen LogP) is 1.92. The van der Waals surface area contributed by atoms with Gasteiger partial charge in [-0.15, -0.1) is 0 Å². The van der Waals surface area contributed by atoms with Crippen LogP contribution in [0.3, 0.4) is 0 Å². The zero-order chi connectivity index (χ0) is 12.0. The van der Waals surface area contributed by atoms with E-state index in [1.165, 1.54) is 0 Å². The molecule has 1 heterocycles. The Labute approximate surface area is 96.0 Å². The Balaban J connectivity index is 2.35. The average Bonchev–Trinajstić information content (AvgIpc) is 2.72. The number of oxime groups is 1. The molecule has 0 aliphatic rings. The van der Waals surface area contributed by atoms with Gasteiger partial charge >= 0.3 is 0 Å². The average molecular weight is 224 g/mol. The highest BCUT2D eigenvalue weighted by atomic mass is 16.4. The van der Waals surface area contributed by atoms with Crippen LogP contribution in [0.25, 0.3) is 0 Å². The van der Waals surface area contributed by atoms with Gasteiger partial charge in [0.15, 0.2) is 0 Å². The molecule has 5 heteroatoms. The third-order valence-electron chi connectivity index (χ3n) is 2.47. The number of aromatic nitrogens is 2. The van der Waals surface area contributed by atoms with E-state index in [2.05, 4.69) is 28.6 Å². The molecule has 0 radical (unpaired) electrons. The Morgan fingerprint density at radius 2 is 2.31 bits per heavy atom. The van der Waals surface area contributed by atoms with E-state index in [1.54, 1.807) is 0 Å². The molecule has 0 unspecified atom stereocenters. The van der Waals surface area contributed by atoms with E-state index >= 15 is 0 Å². The van der Waals surface area contributed by atoms with Gasteiger partial charge in [0, 0.05) is 31.3 Å². The van der Waals surface area contributed by atoms with Crippen molar-refractivity contribution in [1.82, 2.24) is 9.55 Å². The van der Waals surface area contributed by atoms with Crippen LogP contribution in [0.2, 0.25) is 0 Å². The number of nitrogens with two attached hydrogens (primary N) is 1. The van der Waals surface area contributed by atoms with Gasteiger partial charge in [-0.05, 0) is 12.8 Å². The van der Waals surface area contributed by atoms with Crippen LogP contribution >= 0.6 is 0 Å². The lowest BCUT2D eigenvalue weighted by Gasteiger charge is -2.09. The van der Waals surface area contributed by atoms with Crippen molar-refractivity contribution in [3.05, 3.63) is 18.2 Å². The molecule has 0 saturated heterocycles. The van der Waals surface area contributed by atoms with E-state index < -0.39 is 0 Å². The standard InChI is InChI=1S/C11H20N4O/c1-9(2)11-13-6-8-15(11)7-4-3-5-10(12)14-16/h6,8-9,16H,3-5,7H2,1-2H3,(H2,12,14). The molecule has 0 bridgehead atoms. The Kier molecular flexibility index (Phi) is 4.82. The van der Waals surface area contributed by atoms with Crippen molar-refractivity contribution in [2.45, 2.75) is 45.6 Å². The van der Waals surface area contributed by atoms with Crippen LogP contribution in [-0.2, 0) is 6.54 Å². The zero-order valence-corrected chi connectivity index (χ0v) is 9.93. The normalized spacial score (nSPS) is 12.3. The summed E-state index contributed by atoms with van der Waals surface area (Å²) in [5.41, 5.74) is 5.39. The Morgan fingerprint density at radius 3 is 2.94 bits per heavy atom. The lowest BCUT2D eigenvalue weighted by Crippen LogP contribution is -2.11. The molecule has 1 aromatic heterocycles. The third kappa shape index (κ3) is 3.56. The van der Waals surface area contributed by atoms with Gasteiger partial charge in [-0.3, -0.25) is 0 Å². The molecular weight excluding hydrogens is 204 g/mol. The molecule has 0 amide bonds. The lowest BCUT2D eigenvalue weighted by atomic mass is 10.2. The van der Waals surface area contributed by atoms with Crippen molar-refractivity contribution in [2.24, 2.45) is 10.9 Å². The number of rotatable bonds is 6. The fourth-order valence-electron chi connectivity index (χ4n) is 1.65. The quantitative estimate of drug-likeness (QED) is 0.255. The molecule has 1 rings (SSSR count). The molecular formula is C11H20N4O. The summed E-state index contributed by atoms with van der Waals surface area (Å²) in [5, 5.41) is 11.3. The van der Waals surface area contributed by atoms with Gasteiger partial charge in [-0.25, -0.2) is 4.98 Å². The maximum Gasteiger partial charge on any atom is 0.139 e. The van der Waals surface area contributed by atoms with E-state index in [-0.39, 0.29) is 0 Å². The van der Waals surface area contributed by atoms with E-state index in [1.807, 2.05) is 12.4 Å². The van der Waals surface area contributed by atoms with Crippen molar-refractivity contribution in [3.8, 4) is 0 Å². The first-order valence-corrected chi connectivity index (χ1v) is 5.62. The van der Waals surface area contributed by atoms with Gasteiger partial charge in [-0.2, -0.15) is 0 Å². The lowest BCUT2D eigenvalue weighted by molar-refractivity contribution is 0.316. The van der Waals surface area contributed by atoms with E-state index in [0.717, 1.165) is 25.2 Å². The molecule has 5 nitrogen and oxygen atoms in total. The van der Waals surface area contributed by atoms with Gasteiger partial charge in [0.1, 0.15) is 11.7 Å². The largest absolute Gasteiger partial charge is 0.409 e. The highest BCUT2D eigenvalue weighted by Crippen LogP contribution is 2.12. The second-order valence-electron chi connectivity index (χ2n) is 4.18. The van der Waals surface area contributed by atoms with E-state index in [0.29, 0.717) is 18.2 Å². The molecule has 1 aromatic rings. The Morgan fingerprint density at radius 1 is 1.56 bits per heavy atom. The SMILES string of the molecule is CC(C)c1nccn1CCCCC(N)=NO. The number of imidazole rings is 1. The van der Waals surface area contributed by atoms with Gasteiger partial charge in [0.2, 0.25) is 0 Å². The van der Waals surface area contributed by atoms with E-state index in [9.17, 15) is 0 Å². The smallest absolute Gasteiger partial charge is 0.139 e. The number of unbranched alkanes of at least 4 members (excludes halogenated alkanes) is 1. The topological polar surface area (TPSA) is 76.4 Å². The van der Waals surface area contributed by atoms with Crippen molar-refractivity contribution >= 4 is 5.84 Å². The van der Waals surface area contributed by atoms with Crippen LogP contribution in [0.4, 0.5) is 0 Å². The fraction of sp³-hybridized carbons (Fsp3) is 0.636. The van der Waals surface area contributed by atoms with Crippen LogP contribution in [0.15, 0.2) is 17.5 Å². The fourth-order valence-corrected chi connectivity index (χ4v) is 1.65. The third-order valence-corrected chi connectivity index (χ3v) is 2.47. The summed E-state index contributed by atoms with van der Waals surface area (Å²) in [6, 6.07) is 0. The molecule has 0 aliphatic carbocycles. The van der Waals surface area contributed by atoms with Crippen LogP contribution in [-0.4, -0.2) is 20.6 Å². The van der Waals surface area contributed by atoms with Gasteiger partial charge in [0.25, 0.3) is 0 Å². The minimum absolute atomic E-state index is 0.301. The van der Waals surface area contributed by atoms with Gasteiger partial charge < -0.3 is 15.5 Å². The Hall–Kier alpha value is -1.52. The number of nitrogens with zero attached hydrogens (tertiary/aromatic N) is 3. The van der Waals surface area contributed by atoms with E-state index in [4.69, 9.17) is 10.9 Å². The van der Waals surface area contributed by atoms with Crippen LogP contribution in [0, 0.1) is 0 Å². The van der Waals surface area contributed by atoms with Crippen molar-refractivity contribution in [2.75, 3.05) is 0 Å². The number of hydrogen-bond acceptors (Lipinski definition) is 3. The molecule has 0 aliphatic heterocycles. The summed E-state index contributed by atoms with van der Waals surface area (Å²) in [5.74, 6) is 1.86. The van der Waals surface area contributed by atoms with Crippen molar-refractivity contribution in [3.63, 3.8) is 0 Å². The summed E-state index contributed by atoms with van der Waals surface area (Å²) in [7, 11) is 0. The highest BCUT2D eigenvalue weighted by molar-refractivity contribution is 5.79. The number of amidine groups is 1. The molecule has 0 aromatic carbocycles. The summed E-state index contributed by atoms with van der Waals surface area (Å²) in [4.78, 5) is 4.32.